The number of carbonyl (C=O) groups is 1. The average molecular weight is 364 g/mol. The molecule has 116 valence electrons. The fourth-order valence-corrected chi connectivity index (χ4v) is 2.85. The maximum atomic E-state index is 12.1. The molecule has 3 heterocycles. The van der Waals surface area contributed by atoms with Crippen LogP contribution in [0.4, 0.5) is 5.82 Å². The van der Waals surface area contributed by atoms with E-state index >= 15 is 0 Å². The Labute approximate surface area is 137 Å². The van der Waals surface area contributed by atoms with Gasteiger partial charge in [-0.15, -0.1) is 0 Å². The van der Waals surface area contributed by atoms with Gasteiger partial charge in [0, 0.05) is 43.0 Å². The summed E-state index contributed by atoms with van der Waals surface area (Å²) < 4.78 is 2.62. The lowest BCUT2D eigenvalue weighted by Crippen LogP contribution is -2.44. The van der Waals surface area contributed by atoms with E-state index < -0.39 is 0 Å². The minimum absolute atomic E-state index is 0.0479. The molecule has 0 unspecified atom stereocenters. The first kappa shape index (κ1) is 15.0. The van der Waals surface area contributed by atoms with Gasteiger partial charge in [-0.05, 0) is 40.9 Å². The molecule has 6 nitrogen and oxygen atoms in total. The lowest BCUT2D eigenvalue weighted by molar-refractivity contribution is 0.0931. The number of hydrogen-bond acceptors (Lipinski definition) is 4. The van der Waals surface area contributed by atoms with Crippen molar-refractivity contribution in [3.63, 3.8) is 0 Å². The van der Waals surface area contributed by atoms with Gasteiger partial charge >= 0.3 is 0 Å². The van der Waals surface area contributed by atoms with E-state index in [9.17, 15) is 4.79 Å². The summed E-state index contributed by atoms with van der Waals surface area (Å²) in [5.74, 6) is 0.938. The Kier molecular flexibility index (Phi) is 4.42. The van der Waals surface area contributed by atoms with Gasteiger partial charge in [-0.3, -0.25) is 9.48 Å². The van der Waals surface area contributed by atoms with Crippen LogP contribution in [0.25, 0.3) is 0 Å². The van der Waals surface area contributed by atoms with Crippen molar-refractivity contribution >= 4 is 27.7 Å². The summed E-state index contributed by atoms with van der Waals surface area (Å²) in [6.07, 6.45) is 6.98. The highest BCUT2D eigenvalue weighted by Crippen LogP contribution is 2.19. The standard InChI is InChI=1S/C15H18BrN5O/c1-20-10-11(8-18-20)15(22)19-13-4-6-21(7-5-13)14-3-2-12(16)9-17-14/h2-3,8-10,13H,4-7H2,1H3,(H,19,22). The Bertz CT molecular complexity index is 646. The summed E-state index contributed by atoms with van der Waals surface area (Å²) >= 11 is 3.39. The van der Waals surface area contributed by atoms with Crippen LogP contribution >= 0.6 is 15.9 Å². The molecule has 0 spiro atoms. The average Bonchev–Trinajstić information content (AvgIpc) is 2.96. The van der Waals surface area contributed by atoms with Crippen molar-refractivity contribution in [3.8, 4) is 0 Å². The Hall–Kier alpha value is -1.89. The summed E-state index contributed by atoms with van der Waals surface area (Å²) in [6, 6.07) is 4.22. The Balaban J connectivity index is 1.53. The lowest BCUT2D eigenvalue weighted by Gasteiger charge is -2.33. The first-order valence-electron chi connectivity index (χ1n) is 7.28. The second kappa shape index (κ2) is 6.48. The van der Waals surface area contributed by atoms with E-state index in [1.165, 1.54) is 0 Å². The molecule has 0 aliphatic carbocycles. The second-order valence-electron chi connectivity index (χ2n) is 5.47. The largest absolute Gasteiger partial charge is 0.356 e. The van der Waals surface area contributed by atoms with Crippen LogP contribution in [0.15, 0.2) is 35.2 Å². The van der Waals surface area contributed by atoms with Crippen molar-refractivity contribution in [2.45, 2.75) is 18.9 Å². The summed E-state index contributed by atoms with van der Waals surface area (Å²) in [6.45, 7) is 1.79. The number of nitrogens with zero attached hydrogens (tertiary/aromatic N) is 4. The number of nitrogens with one attached hydrogen (secondary N) is 1. The third-order valence-electron chi connectivity index (χ3n) is 3.83. The quantitative estimate of drug-likeness (QED) is 0.905. The molecule has 0 radical (unpaired) electrons. The first-order valence-corrected chi connectivity index (χ1v) is 8.07. The number of aromatic nitrogens is 3. The molecule has 2 aromatic rings. The normalized spacial score (nSPS) is 15.8. The molecule has 1 amide bonds. The van der Waals surface area contributed by atoms with Crippen LogP contribution in [-0.2, 0) is 7.05 Å². The van der Waals surface area contributed by atoms with Crippen molar-refractivity contribution in [2.75, 3.05) is 18.0 Å². The number of amides is 1. The van der Waals surface area contributed by atoms with Crippen molar-refractivity contribution < 1.29 is 4.79 Å². The van der Waals surface area contributed by atoms with Gasteiger partial charge in [0.15, 0.2) is 0 Å². The molecule has 3 rings (SSSR count). The predicted molar refractivity (Wildman–Crippen MR) is 87.8 cm³/mol. The molecular weight excluding hydrogens is 346 g/mol. The van der Waals surface area contributed by atoms with E-state index in [2.05, 4.69) is 36.2 Å². The molecule has 0 atom stereocenters. The molecule has 0 saturated carbocycles. The number of pyridine rings is 1. The number of piperidine rings is 1. The fourth-order valence-electron chi connectivity index (χ4n) is 2.62. The van der Waals surface area contributed by atoms with Crippen LogP contribution in [0.5, 0.6) is 0 Å². The Morgan fingerprint density at radius 3 is 2.68 bits per heavy atom. The van der Waals surface area contributed by atoms with Crippen LogP contribution in [0.2, 0.25) is 0 Å². The fraction of sp³-hybridized carbons (Fsp3) is 0.400. The van der Waals surface area contributed by atoms with Crippen LogP contribution in [0.3, 0.4) is 0 Å². The van der Waals surface area contributed by atoms with Gasteiger partial charge in [0.1, 0.15) is 5.82 Å². The van der Waals surface area contributed by atoms with Crippen LogP contribution in [0, 0.1) is 0 Å². The molecule has 0 bridgehead atoms. The third-order valence-corrected chi connectivity index (χ3v) is 4.30. The summed E-state index contributed by atoms with van der Waals surface area (Å²) in [7, 11) is 1.81. The van der Waals surface area contributed by atoms with Crippen molar-refractivity contribution in [1.82, 2.24) is 20.1 Å². The van der Waals surface area contributed by atoms with Gasteiger partial charge in [-0.25, -0.2) is 4.98 Å². The van der Waals surface area contributed by atoms with Gasteiger partial charge in [-0.2, -0.15) is 5.10 Å². The minimum Gasteiger partial charge on any atom is -0.356 e. The third kappa shape index (κ3) is 3.47. The maximum absolute atomic E-state index is 12.1. The lowest BCUT2D eigenvalue weighted by atomic mass is 10.0. The first-order chi connectivity index (χ1) is 10.6. The second-order valence-corrected chi connectivity index (χ2v) is 6.39. The molecule has 2 aromatic heterocycles. The molecule has 1 saturated heterocycles. The van der Waals surface area contributed by atoms with Gasteiger partial charge in [0.05, 0.1) is 11.8 Å². The van der Waals surface area contributed by atoms with Gasteiger partial charge in [0.25, 0.3) is 5.91 Å². The van der Waals surface area contributed by atoms with Crippen molar-refractivity contribution in [3.05, 3.63) is 40.8 Å². The van der Waals surface area contributed by atoms with E-state index in [0.717, 1.165) is 36.2 Å². The highest BCUT2D eigenvalue weighted by Gasteiger charge is 2.22. The molecule has 7 heteroatoms. The van der Waals surface area contributed by atoms with Gasteiger partial charge < -0.3 is 10.2 Å². The Morgan fingerprint density at radius 1 is 1.32 bits per heavy atom. The number of hydrogen-bond donors (Lipinski definition) is 1. The van der Waals surface area contributed by atoms with Crippen LogP contribution in [0.1, 0.15) is 23.2 Å². The zero-order valence-electron chi connectivity index (χ0n) is 12.4. The molecular formula is C15H18BrN5O. The smallest absolute Gasteiger partial charge is 0.254 e. The minimum atomic E-state index is -0.0479. The molecule has 1 aliphatic rings. The van der Waals surface area contributed by atoms with Crippen molar-refractivity contribution in [1.29, 1.82) is 0 Å². The molecule has 1 aliphatic heterocycles. The van der Waals surface area contributed by atoms with E-state index in [1.54, 1.807) is 24.1 Å². The van der Waals surface area contributed by atoms with Gasteiger partial charge in [-0.1, -0.05) is 0 Å². The number of halogens is 1. The zero-order chi connectivity index (χ0) is 15.5. The SMILES string of the molecule is Cn1cc(C(=O)NC2CCN(c3ccc(Br)cn3)CC2)cn1. The summed E-state index contributed by atoms with van der Waals surface area (Å²) in [5.41, 5.74) is 0.611. The van der Waals surface area contributed by atoms with Gasteiger partial charge in [0.2, 0.25) is 0 Å². The predicted octanol–water partition coefficient (Wildman–Crippen LogP) is 1.98. The molecule has 22 heavy (non-hydrogen) atoms. The monoisotopic (exact) mass is 363 g/mol. The number of carbonyl (C=O) groups excluding carboxylic acids is 1. The summed E-state index contributed by atoms with van der Waals surface area (Å²) in [4.78, 5) is 18.8. The highest BCUT2D eigenvalue weighted by molar-refractivity contribution is 9.10. The van der Waals surface area contributed by atoms with E-state index in [4.69, 9.17) is 0 Å². The summed E-state index contributed by atoms with van der Waals surface area (Å²) in [5, 5.41) is 7.11. The highest BCUT2D eigenvalue weighted by atomic mass is 79.9. The van der Waals surface area contributed by atoms with E-state index in [1.807, 2.05) is 18.3 Å². The molecule has 0 aromatic carbocycles. The van der Waals surface area contributed by atoms with Crippen LogP contribution in [-0.4, -0.2) is 39.8 Å². The van der Waals surface area contributed by atoms with Crippen molar-refractivity contribution in [2.24, 2.45) is 7.05 Å². The number of aryl methyl sites for hydroxylation is 1. The molecule has 1 fully saturated rings. The number of anilines is 1. The Morgan fingerprint density at radius 2 is 2.09 bits per heavy atom. The van der Waals surface area contributed by atoms with E-state index in [-0.39, 0.29) is 11.9 Å². The maximum Gasteiger partial charge on any atom is 0.254 e. The zero-order valence-corrected chi connectivity index (χ0v) is 14.0. The van der Waals surface area contributed by atoms with Crippen LogP contribution < -0.4 is 10.2 Å². The number of rotatable bonds is 3. The van der Waals surface area contributed by atoms with E-state index in [0.29, 0.717) is 5.56 Å². The topological polar surface area (TPSA) is 63.1 Å². The molecule has 1 N–H and O–H groups in total.